The minimum atomic E-state index is -2.96. The Kier molecular flexibility index (Phi) is 4.33. The zero-order valence-corrected chi connectivity index (χ0v) is 11.1. The van der Waals surface area contributed by atoms with Gasteiger partial charge in [-0.15, -0.1) is 0 Å². The summed E-state index contributed by atoms with van der Waals surface area (Å²) in [5.41, 5.74) is 1.26. The molecule has 1 aromatic rings. The van der Waals surface area contributed by atoms with E-state index in [0.29, 0.717) is 12.1 Å². The molecule has 0 saturated heterocycles. The standard InChI is InChI=1S/C10H11BrN2O2S/c1-16(14,15)3-2-13-10-5-8(7-12)4-9(11)6-10/h4-6,13H,2-3H2,1H3. The van der Waals surface area contributed by atoms with Crippen molar-refractivity contribution in [1.82, 2.24) is 0 Å². The first-order valence-electron chi connectivity index (χ1n) is 4.53. The fourth-order valence-corrected chi connectivity index (χ4v) is 2.10. The van der Waals surface area contributed by atoms with E-state index in [0.717, 1.165) is 10.2 Å². The van der Waals surface area contributed by atoms with Gasteiger partial charge in [-0.1, -0.05) is 15.9 Å². The average Bonchev–Trinajstić information content (AvgIpc) is 2.14. The van der Waals surface area contributed by atoms with Crippen LogP contribution in [0.2, 0.25) is 0 Å². The Morgan fingerprint density at radius 2 is 2.12 bits per heavy atom. The molecule has 0 aromatic heterocycles. The summed E-state index contributed by atoms with van der Waals surface area (Å²) in [5, 5.41) is 11.7. The molecule has 86 valence electrons. The van der Waals surface area contributed by atoms with Crippen LogP contribution in [-0.4, -0.2) is 27.0 Å². The molecule has 0 aliphatic rings. The molecule has 0 fully saturated rings. The monoisotopic (exact) mass is 302 g/mol. The van der Waals surface area contributed by atoms with Crippen molar-refractivity contribution >= 4 is 31.5 Å². The number of sulfone groups is 1. The first-order valence-corrected chi connectivity index (χ1v) is 7.38. The minimum Gasteiger partial charge on any atom is -0.384 e. The highest BCUT2D eigenvalue weighted by Gasteiger charge is 2.02. The Hall–Kier alpha value is -1.06. The minimum absolute atomic E-state index is 0.0708. The Bertz CT molecular complexity index is 520. The lowest BCUT2D eigenvalue weighted by molar-refractivity contribution is 0.602. The molecular weight excluding hydrogens is 292 g/mol. The van der Waals surface area contributed by atoms with Crippen molar-refractivity contribution in [2.24, 2.45) is 0 Å². The van der Waals surface area contributed by atoms with Crippen molar-refractivity contribution in [1.29, 1.82) is 5.26 Å². The fraction of sp³-hybridized carbons (Fsp3) is 0.300. The fourth-order valence-electron chi connectivity index (χ4n) is 1.14. The number of hydrogen-bond donors (Lipinski definition) is 1. The summed E-state index contributed by atoms with van der Waals surface area (Å²) in [4.78, 5) is 0. The van der Waals surface area contributed by atoms with Crippen molar-refractivity contribution in [2.75, 3.05) is 23.9 Å². The number of benzene rings is 1. The molecule has 0 aliphatic heterocycles. The lowest BCUT2D eigenvalue weighted by Crippen LogP contribution is -2.14. The van der Waals surface area contributed by atoms with Gasteiger partial charge in [-0.3, -0.25) is 0 Å². The van der Waals surface area contributed by atoms with Crippen LogP contribution >= 0.6 is 15.9 Å². The van der Waals surface area contributed by atoms with Crippen LogP contribution in [0.1, 0.15) is 5.56 Å². The molecule has 0 heterocycles. The number of nitriles is 1. The van der Waals surface area contributed by atoms with Crippen LogP contribution in [0.25, 0.3) is 0 Å². The normalized spacial score (nSPS) is 10.8. The molecule has 0 bridgehead atoms. The maximum Gasteiger partial charge on any atom is 0.149 e. The van der Waals surface area contributed by atoms with E-state index in [2.05, 4.69) is 21.2 Å². The summed E-state index contributed by atoms with van der Waals surface area (Å²) in [6.07, 6.45) is 1.19. The van der Waals surface area contributed by atoms with Gasteiger partial charge in [0.05, 0.1) is 17.4 Å². The molecule has 0 amide bonds. The van der Waals surface area contributed by atoms with Crippen molar-refractivity contribution in [3.63, 3.8) is 0 Å². The number of nitrogens with one attached hydrogen (secondary N) is 1. The van der Waals surface area contributed by atoms with Crippen molar-refractivity contribution in [3.8, 4) is 6.07 Å². The van der Waals surface area contributed by atoms with Gasteiger partial charge in [-0.05, 0) is 18.2 Å². The highest BCUT2D eigenvalue weighted by Crippen LogP contribution is 2.18. The van der Waals surface area contributed by atoms with Gasteiger partial charge < -0.3 is 5.32 Å². The summed E-state index contributed by atoms with van der Waals surface area (Å²) >= 11 is 3.28. The lowest BCUT2D eigenvalue weighted by atomic mass is 10.2. The number of nitrogens with zero attached hydrogens (tertiary/aromatic N) is 1. The summed E-state index contributed by atoms with van der Waals surface area (Å²) in [6.45, 7) is 0.333. The molecule has 0 spiro atoms. The molecule has 0 saturated carbocycles. The van der Waals surface area contributed by atoms with E-state index >= 15 is 0 Å². The van der Waals surface area contributed by atoms with Crippen molar-refractivity contribution < 1.29 is 8.42 Å². The highest BCUT2D eigenvalue weighted by molar-refractivity contribution is 9.10. The van der Waals surface area contributed by atoms with Crippen LogP contribution in [0.5, 0.6) is 0 Å². The van der Waals surface area contributed by atoms with E-state index in [1.165, 1.54) is 6.26 Å². The van der Waals surface area contributed by atoms with E-state index in [-0.39, 0.29) is 5.75 Å². The van der Waals surface area contributed by atoms with Gasteiger partial charge in [0.1, 0.15) is 9.84 Å². The van der Waals surface area contributed by atoms with Gasteiger partial charge in [-0.25, -0.2) is 8.42 Å². The number of rotatable bonds is 4. The van der Waals surface area contributed by atoms with Crippen LogP contribution in [0, 0.1) is 11.3 Å². The highest BCUT2D eigenvalue weighted by atomic mass is 79.9. The average molecular weight is 303 g/mol. The molecular formula is C10H11BrN2O2S. The van der Waals surface area contributed by atoms with Crippen LogP contribution < -0.4 is 5.32 Å². The molecule has 1 N–H and O–H groups in total. The SMILES string of the molecule is CS(=O)(=O)CCNc1cc(Br)cc(C#N)c1. The third-order valence-corrected chi connectivity index (χ3v) is 3.23. The summed E-state index contributed by atoms with van der Waals surface area (Å²) in [6, 6.07) is 7.19. The van der Waals surface area contributed by atoms with Crippen LogP contribution in [0.4, 0.5) is 5.69 Å². The first-order chi connectivity index (χ1) is 7.40. The quantitative estimate of drug-likeness (QED) is 0.920. The molecule has 0 atom stereocenters. The zero-order chi connectivity index (χ0) is 12.2. The van der Waals surface area contributed by atoms with E-state index in [4.69, 9.17) is 5.26 Å². The maximum absolute atomic E-state index is 10.9. The van der Waals surface area contributed by atoms with E-state index in [1.807, 2.05) is 6.07 Å². The molecule has 4 nitrogen and oxygen atoms in total. The van der Waals surface area contributed by atoms with Crippen LogP contribution in [0.15, 0.2) is 22.7 Å². The maximum atomic E-state index is 10.9. The molecule has 0 radical (unpaired) electrons. The topological polar surface area (TPSA) is 70.0 Å². The Morgan fingerprint density at radius 1 is 1.44 bits per heavy atom. The smallest absolute Gasteiger partial charge is 0.149 e. The van der Waals surface area contributed by atoms with Gasteiger partial charge in [0, 0.05) is 23.0 Å². The molecule has 6 heteroatoms. The number of hydrogen-bond acceptors (Lipinski definition) is 4. The second-order valence-electron chi connectivity index (χ2n) is 3.40. The number of anilines is 1. The molecule has 0 aliphatic carbocycles. The third kappa shape index (κ3) is 4.64. The number of halogens is 1. The van der Waals surface area contributed by atoms with E-state index in [9.17, 15) is 8.42 Å². The van der Waals surface area contributed by atoms with Gasteiger partial charge >= 0.3 is 0 Å². The summed E-state index contributed by atoms with van der Waals surface area (Å²) in [7, 11) is -2.96. The molecule has 0 unspecified atom stereocenters. The Balaban J connectivity index is 2.68. The lowest BCUT2D eigenvalue weighted by Gasteiger charge is -2.06. The van der Waals surface area contributed by atoms with Crippen molar-refractivity contribution in [2.45, 2.75) is 0 Å². The van der Waals surface area contributed by atoms with Gasteiger partial charge in [0.15, 0.2) is 0 Å². The van der Waals surface area contributed by atoms with E-state index < -0.39 is 9.84 Å². The van der Waals surface area contributed by atoms with Crippen LogP contribution in [-0.2, 0) is 9.84 Å². The summed E-state index contributed by atoms with van der Waals surface area (Å²) < 4.78 is 22.6. The predicted octanol–water partition coefficient (Wildman–Crippen LogP) is 1.78. The molecule has 1 aromatic carbocycles. The van der Waals surface area contributed by atoms with Gasteiger partial charge in [0.25, 0.3) is 0 Å². The Morgan fingerprint density at radius 3 is 2.69 bits per heavy atom. The third-order valence-electron chi connectivity index (χ3n) is 1.83. The largest absolute Gasteiger partial charge is 0.384 e. The second-order valence-corrected chi connectivity index (χ2v) is 6.57. The molecule has 1 rings (SSSR count). The van der Waals surface area contributed by atoms with Crippen LogP contribution in [0.3, 0.4) is 0 Å². The summed E-state index contributed by atoms with van der Waals surface area (Å²) in [5.74, 6) is 0.0708. The van der Waals surface area contributed by atoms with Gasteiger partial charge in [0.2, 0.25) is 0 Å². The predicted molar refractivity (Wildman–Crippen MR) is 67.1 cm³/mol. The molecule has 16 heavy (non-hydrogen) atoms. The van der Waals surface area contributed by atoms with Crippen molar-refractivity contribution in [3.05, 3.63) is 28.2 Å². The second kappa shape index (κ2) is 5.32. The zero-order valence-electron chi connectivity index (χ0n) is 8.70. The first kappa shape index (κ1) is 13.0. The Labute approximate surface area is 103 Å². The van der Waals surface area contributed by atoms with Gasteiger partial charge in [-0.2, -0.15) is 5.26 Å². The van der Waals surface area contributed by atoms with E-state index in [1.54, 1.807) is 18.2 Å².